The molecule has 0 saturated carbocycles. The first kappa shape index (κ1) is 11.5. The summed E-state index contributed by atoms with van der Waals surface area (Å²) in [5.41, 5.74) is 6.26. The third-order valence-electron chi connectivity index (χ3n) is 2.04. The molecule has 2 rings (SSSR count). The van der Waals surface area contributed by atoms with E-state index in [1.165, 1.54) is 13.2 Å². The zero-order chi connectivity index (χ0) is 12.3. The summed E-state index contributed by atoms with van der Waals surface area (Å²) in [5, 5.41) is 7.72. The second kappa shape index (κ2) is 4.88. The lowest BCUT2D eigenvalue weighted by molar-refractivity contribution is 0.366. The van der Waals surface area contributed by atoms with E-state index >= 15 is 0 Å². The molecule has 17 heavy (non-hydrogen) atoms. The summed E-state index contributed by atoms with van der Waals surface area (Å²) in [6.45, 7) is 0. The van der Waals surface area contributed by atoms with Crippen LogP contribution in [0.1, 0.15) is 0 Å². The van der Waals surface area contributed by atoms with Crippen molar-refractivity contribution in [2.24, 2.45) is 0 Å². The minimum atomic E-state index is 0.217. The van der Waals surface area contributed by atoms with E-state index in [4.69, 9.17) is 26.8 Å². The van der Waals surface area contributed by atoms with Gasteiger partial charge in [-0.1, -0.05) is 23.7 Å². The molecule has 0 aliphatic heterocycles. The number of methoxy groups -OCH3 is 1. The van der Waals surface area contributed by atoms with Gasteiger partial charge >= 0.3 is 0 Å². The minimum absolute atomic E-state index is 0.217. The monoisotopic (exact) mass is 251 g/mol. The normalized spacial score (nSPS) is 10.0. The number of hydrogen-bond donors (Lipinski definition) is 1. The number of halogens is 1. The van der Waals surface area contributed by atoms with Gasteiger partial charge in [0.2, 0.25) is 0 Å². The number of para-hydroxylation sites is 2. The Hall–Kier alpha value is -2.01. The summed E-state index contributed by atoms with van der Waals surface area (Å²) < 4.78 is 10.6. The molecule has 88 valence electrons. The van der Waals surface area contributed by atoms with Gasteiger partial charge in [-0.3, -0.25) is 0 Å². The van der Waals surface area contributed by atoms with Crippen molar-refractivity contribution in [2.75, 3.05) is 12.8 Å². The van der Waals surface area contributed by atoms with Crippen LogP contribution in [0.25, 0.3) is 0 Å². The average Bonchev–Trinajstić information content (AvgIpc) is 2.34. The molecule has 0 saturated heterocycles. The number of hydrogen-bond acceptors (Lipinski definition) is 5. The van der Waals surface area contributed by atoms with Gasteiger partial charge in [-0.15, -0.1) is 10.2 Å². The van der Waals surface area contributed by atoms with Gasteiger partial charge in [0.15, 0.2) is 16.7 Å². The number of nitrogen functional groups attached to an aromatic ring is 1. The van der Waals surface area contributed by atoms with Crippen molar-refractivity contribution in [3.05, 3.63) is 35.5 Å². The first-order valence-corrected chi connectivity index (χ1v) is 5.18. The standard InChI is InChI=1S/C11H10ClN3O2/c1-16-9-6-10(12)14-15-11(9)17-8-5-3-2-4-7(8)13/h2-6H,13H2,1H3. The molecule has 0 aliphatic carbocycles. The molecule has 0 spiro atoms. The molecule has 0 fully saturated rings. The largest absolute Gasteiger partial charge is 0.491 e. The maximum absolute atomic E-state index is 5.75. The molecular weight excluding hydrogens is 242 g/mol. The van der Waals surface area contributed by atoms with Crippen LogP contribution in [0.2, 0.25) is 5.15 Å². The lowest BCUT2D eigenvalue weighted by atomic mass is 10.3. The van der Waals surface area contributed by atoms with Crippen molar-refractivity contribution in [1.29, 1.82) is 0 Å². The molecule has 0 unspecified atom stereocenters. The Kier molecular flexibility index (Phi) is 3.30. The van der Waals surface area contributed by atoms with Gasteiger partial charge in [0, 0.05) is 6.07 Å². The van der Waals surface area contributed by atoms with Gasteiger partial charge < -0.3 is 15.2 Å². The molecular formula is C11H10ClN3O2. The predicted molar refractivity (Wildman–Crippen MR) is 64.5 cm³/mol. The summed E-state index contributed by atoms with van der Waals surface area (Å²) in [6.07, 6.45) is 0. The maximum atomic E-state index is 5.75. The maximum Gasteiger partial charge on any atom is 0.281 e. The second-order valence-corrected chi connectivity index (χ2v) is 3.57. The Morgan fingerprint density at radius 2 is 1.94 bits per heavy atom. The molecule has 0 bridgehead atoms. The summed E-state index contributed by atoms with van der Waals surface area (Å²) in [7, 11) is 1.49. The van der Waals surface area contributed by atoms with Crippen LogP contribution in [-0.2, 0) is 0 Å². The number of anilines is 1. The summed E-state index contributed by atoms with van der Waals surface area (Å²) in [6, 6.07) is 8.59. The van der Waals surface area contributed by atoms with Crippen LogP contribution in [0.5, 0.6) is 17.4 Å². The van der Waals surface area contributed by atoms with Crippen molar-refractivity contribution in [3.63, 3.8) is 0 Å². The Bertz CT molecular complexity index is 534. The van der Waals surface area contributed by atoms with Crippen molar-refractivity contribution in [2.45, 2.75) is 0 Å². The molecule has 1 aromatic carbocycles. The number of ether oxygens (including phenoxy) is 2. The van der Waals surface area contributed by atoms with Crippen LogP contribution < -0.4 is 15.2 Å². The molecule has 0 aliphatic rings. The fraction of sp³-hybridized carbons (Fsp3) is 0.0909. The number of nitrogens with two attached hydrogens (primary N) is 1. The van der Waals surface area contributed by atoms with Gasteiger partial charge in [-0.05, 0) is 12.1 Å². The zero-order valence-electron chi connectivity index (χ0n) is 9.05. The van der Waals surface area contributed by atoms with Gasteiger partial charge in [-0.25, -0.2) is 0 Å². The van der Waals surface area contributed by atoms with Gasteiger partial charge in [0.25, 0.3) is 5.88 Å². The summed E-state index contributed by atoms with van der Waals surface area (Å²) in [4.78, 5) is 0. The number of aromatic nitrogens is 2. The highest BCUT2D eigenvalue weighted by molar-refractivity contribution is 6.29. The molecule has 2 N–H and O–H groups in total. The van der Waals surface area contributed by atoms with Crippen LogP contribution in [0, 0.1) is 0 Å². The Balaban J connectivity index is 2.33. The van der Waals surface area contributed by atoms with E-state index in [1.54, 1.807) is 12.1 Å². The first-order valence-electron chi connectivity index (χ1n) is 4.80. The summed E-state index contributed by atoms with van der Waals surface area (Å²) in [5.74, 6) is 1.10. The molecule has 0 radical (unpaired) electrons. The molecule has 6 heteroatoms. The fourth-order valence-electron chi connectivity index (χ4n) is 1.24. The van der Waals surface area contributed by atoms with E-state index in [-0.39, 0.29) is 11.0 Å². The highest BCUT2D eigenvalue weighted by Gasteiger charge is 2.10. The predicted octanol–water partition coefficient (Wildman–Crippen LogP) is 2.51. The Morgan fingerprint density at radius 1 is 1.18 bits per heavy atom. The van der Waals surface area contributed by atoms with Crippen molar-refractivity contribution < 1.29 is 9.47 Å². The van der Waals surface area contributed by atoms with Crippen LogP contribution in [0.15, 0.2) is 30.3 Å². The lowest BCUT2D eigenvalue weighted by Gasteiger charge is -2.09. The molecule has 0 amide bonds. The van der Waals surface area contributed by atoms with E-state index in [9.17, 15) is 0 Å². The van der Waals surface area contributed by atoms with Crippen molar-refractivity contribution in [1.82, 2.24) is 10.2 Å². The second-order valence-electron chi connectivity index (χ2n) is 3.18. The topological polar surface area (TPSA) is 70.3 Å². The number of benzene rings is 1. The third kappa shape index (κ3) is 2.57. The SMILES string of the molecule is COc1cc(Cl)nnc1Oc1ccccc1N. The molecule has 2 aromatic rings. The molecule has 1 aromatic heterocycles. The van der Waals surface area contributed by atoms with E-state index in [1.807, 2.05) is 12.1 Å². The lowest BCUT2D eigenvalue weighted by Crippen LogP contribution is -1.97. The molecule has 5 nitrogen and oxygen atoms in total. The van der Waals surface area contributed by atoms with Gasteiger partial charge in [0.05, 0.1) is 12.8 Å². The van der Waals surface area contributed by atoms with Crippen molar-refractivity contribution >= 4 is 17.3 Å². The molecule has 1 heterocycles. The third-order valence-corrected chi connectivity index (χ3v) is 2.23. The van der Waals surface area contributed by atoms with E-state index in [0.29, 0.717) is 17.2 Å². The fourth-order valence-corrected chi connectivity index (χ4v) is 1.37. The van der Waals surface area contributed by atoms with Gasteiger partial charge in [-0.2, -0.15) is 0 Å². The van der Waals surface area contributed by atoms with Crippen molar-refractivity contribution in [3.8, 4) is 17.4 Å². The minimum Gasteiger partial charge on any atom is -0.491 e. The van der Waals surface area contributed by atoms with Crippen LogP contribution in [-0.4, -0.2) is 17.3 Å². The summed E-state index contributed by atoms with van der Waals surface area (Å²) >= 11 is 5.70. The molecule has 0 atom stereocenters. The van der Waals surface area contributed by atoms with Crippen LogP contribution in [0.3, 0.4) is 0 Å². The van der Waals surface area contributed by atoms with Gasteiger partial charge in [0.1, 0.15) is 0 Å². The van der Waals surface area contributed by atoms with E-state index in [0.717, 1.165) is 0 Å². The smallest absolute Gasteiger partial charge is 0.281 e. The van der Waals surface area contributed by atoms with Crippen LogP contribution in [0.4, 0.5) is 5.69 Å². The first-order chi connectivity index (χ1) is 8.20. The highest BCUT2D eigenvalue weighted by atomic mass is 35.5. The van der Waals surface area contributed by atoms with E-state index in [2.05, 4.69) is 10.2 Å². The number of rotatable bonds is 3. The Morgan fingerprint density at radius 3 is 2.65 bits per heavy atom. The number of nitrogens with zero attached hydrogens (tertiary/aromatic N) is 2. The zero-order valence-corrected chi connectivity index (χ0v) is 9.81. The van der Waals surface area contributed by atoms with E-state index < -0.39 is 0 Å². The average molecular weight is 252 g/mol. The quantitative estimate of drug-likeness (QED) is 0.849. The van der Waals surface area contributed by atoms with Crippen LogP contribution >= 0.6 is 11.6 Å². The highest BCUT2D eigenvalue weighted by Crippen LogP contribution is 2.32. The Labute approximate surface area is 103 Å².